The zero-order chi connectivity index (χ0) is 16.1. The van der Waals surface area contributed by atoms with E-state index in [1.54, 1.807) is 6.07 Å². The zero-order valence-corrected chi connectivity index (χ0v) is 12.1. The van der Waals surface area contributed by atoms with Gasteiger partial charge in [0.05, 0.1) is 12.6 Å². The predicted octanol–water partition coefficient (Wildman–Crippen LogP) is 1.50. The molecule has 7 heteroatoms. The number of carbonyl (C=O) groups is 2. The Kier molecular flexibility index (Phi) is 5.11. The second-order valence-corrected chi connectivity index (χ2v) is 4.79. The molecule has 0 radical (unpaired) electrons. The van der Waals surface area contributed by atoms with Crippen LogP contribution in [0.25, 0.3) is 0 Å². The maximum atomic E-state index is 13.4. The van der Waals surface area contributed by atoms with Crippen molar-refractivity contribution < 1.29 is 23.5 Å². The van der Waals surface area contributed by atoms with Gasteiger partial charge >= 0.3 is 12.0 Å². The molecule has 0 unspecified atom stereocenters. The molecule has 0 spiro atoms. The Morgan fingerprint density at radius 2 is 2.18 bits per heavy atom. The number of halogens is 1. The van der Waals surface area contributed by atoms with E-state index in [1.165, 1.54) is 25.3 Å². The number of hydrogen-bond donors (Lipinski definition) is 2. The molecule has 2 atom stereocenters. The van der Waals surface area contributed by atoms with Crippen molar-refractivity contribution >= 4 is 12.0 Å². The maximum absolute atomic E-state index is 13.4. The molecular weight excluding hydrogens is 291 g/mol. The van der Waals surface area contributed by atoms with Crippen molar-refractivity contribution in [2.24, 2.45) is 5.92 Å². The van der Waals surface area contributed by atoms with Crippen LogP contribution in [0.15, 0.2) is 36.5 Å². The Hall–Kier alpha value is -2.41. The quantitative estimate of drug-likeness (QED) is 0.638. The Bertz CT molecular complexity index is 591. The highest BCUT2D eigenvalue weighted by atomic mass is 19.1. The molecule has 2 rings (SSSR count). The Balaban J connectivity index is 2.24. The van der Waals surface area contributed by atoms with Crippen LogP contribution >= 0.6 is 0 Å². The number of urea groups is 1. The lowest BCUT2D eigenvalue weighted by Crippen LogP contribution is -2.51. The smallest absolute Gasteiger partial charge is 0.319 e. The highest BCUT2D eigenvalue weighted by Gasteiger charge is 2.38. The number of ether oxygens (including phenoxy) is 2. The topological polar surface area (TPSA) is 76.7 Å². The second-order valence-electron chi connectivity index (χ2n) is 4.79. The highest BCUT2D eigenvalue weighted by Crippen LogP contribution is 2.30. The Labute approximate surface area is 127 Å². The van der Waals surface area contributed by atoms with Crippen molar-refractivity contribution in [3.63, 3.8) is 0 Å². The third-order valence-electron chi connectivity index (χ3n) is 3.26. The Morgan fingerprint density at radius 3 is 2.86 bits per heavy atom. The summed E-state index contributed by atoms with van der Waals surface area (Å²) >= 11 is 0. The van der Waals surface area contributed by atoms with E-state index < -0.39 is 29.8 Å². The minimum absolute atomic E-state index is 0.0862. The SMILES string of the molecule is C=C1NC(=O)N[C@@H](c2cccc(F)c2)[C@@H]1C(=O)OCCOC. The third kappa shape index (κ3) is 3.62. The van der Waals surface area contributed by atoms with Gasteiger partial charge in [-0.15, -0.1) is 0 Å². The molecule has 0 aliphatic carbocycles. The van der Waals surface area contributed by atoms with Crippen LogP contribution in [-0.2, 0) is 14.3 Å². The van der Waals surface area contributed by atoms with Crippen LogP contribution in [-0.4, -0.2) is 32.3 Å². The molecule has 2 N–H and O–H groups in total. The molecular formula is C15H17FN2O4. The first kappa shape index (κ1) is 16.0. The molecule has 6 nitrogen and oxygen atoms in total. The zero-order valence-electron chi connectivity index (χ0n) is 12.1. The molecule has 1 saturated heterocycles. The molecule has 0 bridgehead atoms. The normalized spacial score (nSPS) is 21.0. The van der Waals surface area contributed by atoms with E-state index in [-0.39, 0.29) is 18.9 Å². The minimum Gasteiger partial charge on any atom is -0.463 e. The number of hydrogen-bond acceptors (Lipinski definition) is 4. The van der Waals surface area contributed by atoms with Gasteiger partial charge in [-0.3, -0.25) is 4.79 Å². The third-order valence-corrected chi connectivity index (χ3v) is 3.26. The average Bonchev–Trinajstić information content (AvgIpc) is 2.46. The maximum Gasteiger partial charge on any atom is 0.319 e. The summed E-state index contributed by atoms with van der Waals surface area (Å²) in [6.45, 7) is 4.04. The molecule has 22 heavy (non-hydrogen) atoms. The fourth-order valence-electron chi connectivity index (χ4n) is 2.25. The number of methoxy groups -OCH3 is 1. The molecule has 0 aromatic heterocycles. The van der Waals surface area contributed by atoms with Crippen LogP contribution in [0.5, 0.6) is 0 Å². The molecule has 1 aromatic carbocycles. The van der Waals surface area contributed by atoms with Crippen molar-refractivity contribution in [2.75, 3.05) is 20.3 Å². The van der Waals surface area contributed by atoms with Crippen molar-refractivity contribution in [3.05, 3.63) is 47.9 Å². The van der Waals surface area contributed by atoms with E-state index in [1.807, 2.05) is 0 Å². The number of nitrogens with one attached hydrogen (secondary N) is 2. The van der Waals surface area contributed by atoms with E-state index in [0.29, 0.717) is 5.56 Å². The highest BCUT2D eigenvalue weighted by molar-refractivity contribution is 5.85. The number of esters is 1. The first-order valence-electron chi connectivity index (χ1n) is 6.70. The van der Waals surface area contributed by atoms with E-state index in [0.717, 1.165) is 0 Å². The van der Waals surface area contributed by atoms with Crippen molar-refractivity contribution in [3.8, 4) is 0 Å². The van der Waals surface area contributed by atoms with Crippen LogP contribution < -0.4 is 10.6 Å². The molecule has 118 valence electrons. The van der Waals surface area contributed by atoms with Gasteiger partial charge in [-0.25, -0.2) is 9.18 Å². The van der Waals surface area contributed by atoms with Gasteiger partial charge in [0.15, 0.2) is 0 Å². The van der Waals surface area contributed by atoms with Crippen LogP contribution in [0.1, 0.15) is 11.6 Å². The first-order chi connectivity index (χ1) is 10.5. The van der Waals surface area contributed by atoms with Gasteiger partial charge in [0.25, 0.3) is 0 Å². The van der Waals surface area contributed by atoms with Gasteiger partial charge < -0.3 is 20.1 Å². The monoisotopic (exact) mass is 308 g/mol. The molecule has 0 saturated carbocycles. The molecule has 1 heterocycles. The fourth-order valence-corrected chi connectivity index (χ4v) is 2.25. The van der Waals surface area contributed by atoms with Gasteiger partial charge in [-0.05, 0) is 17.7 Å². The number of carbonyl (C=O) groups excluding carboxylic acids is 2. The first-order valence-corrected chi connectivity index (χ1v) is 6.70. The van der Waals surface area contributed by atoms with Crippen molar-refractivity contribution in [2.45, 2.75) is 6.04 Å². The molecule has 2 amide bonds. The van der Waals surface area contributed by atoms with E-state index in [2.05, 4.69) is 17.2 Å². The Morgan fingerprint density at radius 1 is 1.41 bits per heavy atom. The van der Waals surface area contributed by atoms with E-state index in [4.69, 9.17) is 9.47 Å². The van der Waals surface area contributed by atoms with E-state index >= 15 is 0 Å². The molecule has 1 aliphatic heterocycles. The summed E-state index contributed by atoms with van der Waals surface area (Å²) in [4.78, 5) is 23.9. The van der Waals surface area contributed by atoms with Crippen molar-refractivity contribution in [1.29, 1.82) is 0 Å². The summed E-state index contributed by atoms with van der Waals surface area (Å²) in [5.41, 5.74) is 0.671. The summed E-state index contributed by atoms with van der Waals surface area (Å²) in [5, 5.41) is 5.05. The van der Waals surface area contributed by atoms with Gasteiger partial charge in [-0.2, -0.15) is 0 Å². The van der Waals surface area contributed by atoms with Crippen LogP contribution in [0.2, 0.25) is 0 Å². The van der Waals surface area contributed by atoms with Gasteiger partial charge in [0.2, 0.25) is 0 Å². The summed E-state index contributed by atoms with van der Waals surface area (Å²) in [7, 11) is 1.49. The largest absolute Gasteiger partial charge is 0.463 e. The summed E-state index contributed by atoms with van der Waals surface area (Å²) < 4.78 is 23.3. The summed E-state index contributed by atoms with van der Waals surface area (Å²) in [5.74, 6) is -1.87. The van der Waals surface area contributed by atoms with Crippen LogP contribution in [0.3, 0.4) is 0 Å². The van der Waals surface area contributed by atoms with Crippen LogP contribution in [0.4, 0.5) is 9.18 Å². The van der Waals surface area contributed by atoms with E-state index in [9.17, 15) is 14.0 Å². The summed E-state index contributed by atoms with van der Waals surface area (Å²) in [6.07, 6.45) is 0. The average molecular weight is 308 g/mol. The standard InChI is InChI=1S/C15H17FN2O4/c1-9-12(14(19)22-7-6-21-2)13(18-15(20)17-9)10-4-3-5-11(16)8-10/h3-5,8,12-13H,1,6-7H2,2H3,(H2,17,18,20)/t12-,13+/m1/s1. The predicted molar refractivity (Wildman–Crippen MR) is 76.3 cm³/mol. The molecule has 1 fully saturated rings. The van der Waals surface area contributed by atoms with Crippen LogP contribution in [0, 0.1) is 11.7 Å². The molecule has 1 aromatic rings. The lowest BCUT2D eigenvalue weighted by Gasteiger charge is -2.33. The van der Waals surface area contributed by atoms with Gasteiger partial charge in [0, 0.05) is 12.8 Å². The van der Waals surface area contributed by atoms with Gasteiger partial charge in [0.1, 0.15) is 18.3 Å². The number of benzene rings is 1. The lowest BCUT2D eigenvalue weighted by molar-refractivity contribution is -0.149. The van der Waals surface area contributed by atoms with Gasteiger partial charge in [-0.1, -0.05) is 18.7 Å². The molecule has 1 aliphatic rings. The lowest BCUT2D eigenvalue weighted by atomic mass is 9.89. The second kappa shape index (κ2) is 7.04. The summed E-state index contributed by atoms with van der Waals surface area (Å²) in [6, 6.07) is 4.44. The number of rotatable bonds is 5. The number of amides is 2. The minimum atomic E-state index is -0.851. The fraction of sp³-hybridized carbons (Fsp3) is 0.333. The van der Waals surface area contributed by atoms with Crippen molar-refractivity contribution in [1.82, 2.24) is 10.6 Å².